The summed E-state index contributed by atoms with van der Waals surface area (Å²) in [6, 6.07) is 3.85. The first-order valence-corrected chi connectivity index (χ1v) is 5.54. The molecule has 0 atom stereocenters. The van der Waals surface area contributed by atoms with E-state index in [0.29, 0.717) is 0 Å². The summed E-state index contributed by atoms with van der Waals surface area (Å²) in [5.74, 6) is -4.71. The molecule has 3 N–H and O–H groups in total. The zero-order valence-electron chi connectivity index (χ0n) is 10.3. The average Bonchev–Trinajstić information content (AvgIpc) is 2.40. The second-order valence-electron chi connectivity index (χ2n) is 3.92. The number of hydrogen-bond donors (Lipinski definition) is 2. The Morgan fingerprint density at radius 1 is 1.19 bits per heavy atom. The molecule has 1 aromatic heterocycles. The highest BCUT2D eigenvalue weighted by atomic mass is 19.1. The van der Waals surface area contributed by atoms with E-state index in [0.717, 1.165) is 24.4 Å². The zero-order chi connectivity index (χ0) is 15.6. The third-order valence-corrected chi connectivity index (χ3v) is 2.47. The van der Waals surface area contributed by atoms with Crippen molar-refractivity contribution in [3.63, 3.8) is 0 Å². The molecule has 0 saturated heterocycles. The average molecular weight is 294 g/mol. The number of aromatic nitrogens is 1. The maximum absolute atomic E-state index is 13.5. The van der Waals surface area contributed by atoms with Gasteiger partial charge in [-0.05, 0) is 18.2 Å². The van der Waals surface area contributed by atoms with E-state index in [9.17, 15) is 18.4 Å². The van der Waals surface area contributed by atoms with Crippen molar-refractivity contribution < 1.29 is 28.2 Å². The Morgan fingerprint density at radius 2 is 1.90 bits per heavy atom. The Kier molecular flexibility index (Phi) is 3.79. The highest BCUT2D eigenvalue weighted by molar-refractivity contribution is 5.93. The van der Waals surface area contributed by atoms with Gasteiger partial charge in [0.15, 0.2) is 0 Å². The molecule has 2 aromatic rings. The Morgan fingerprint density at radius 3 is 2.48 bits per heavy atom. The van der Waals surface area contributed by atoms with Crippen LogP contribution in [0.2, 0.25) is 0 Å². The van der Waals surface area contributed by atoms with Crippen LogP contribution in [0.5, 0.6) is 11.6 Å². The summed E-state index contributed by atoms with van der Waals surface area (Å²) in [6.45, 7) is 0. The second-order valence-corrected chi connectivity index (χ2v) is 3.92. The van der Waals surface area contributed by atoms with E-state index < -0.39 is 35.0 Å². The summed E-state index contributed by atoms with van der Waals surface area (Å²) >= 11 is 0. The third-order valence-electron chi connectivity index (χ3n) is 2.47. The minimum Gasteiger partial charge on any atom is -0.477 e. The van der Waals surface area contributed by atoms with Crippen LogP contribution >= 0.6 is 0 Å². The van der Waals surface area contributed by atoms with Crippen LogP contribution in [-0.4, -0.2) is 22.0 Å². The largest absolute Gasteiger partial charge is 0.477 e. The van der Waals surface area contributed by atoms with Crippen LogP contribution in [0.3, 0.4) is 0 Å². The van der Waals surface area contributed by atoms with Crippen molar-refractivity contribution in [2.75, 3.05) is 0 Å². The van der Waals surface area contributed by atoms with Gasteiger partial charge in [-0.1, -0.05) is 0 Å². The van der Waals surface area contributed by atoms with Gasteiger partial charge in [-0.15, -0.1) is 0 Å². The summed E-state index contributed by atoms with van der Waals surface area (Å²) in [7, 11) is 0. The van der Waals surface area contributed by atoms with Crippen molar-refractivity contribution in [1.29, 1.82) is 0 Å². The molecule has 108 valence electrons. The number of ether oxygens (including phenoxy) is 1. The molecular formula is C13H8F2N2O4. The van der Waals surface area contributed by atoms with Crippen molar-refractivity contribution in [2.45, 2.75) is 0 Å². The molecule has 0 aliphatic heterocycles. The highest BCUT2D eigenvalue weighted by Gasteiger charge is 2.16. The lowest BCUT2D eigenvalue weighted by molar-refractivity contribution is 0.0692. The maximum atomic E-state index is 13.5. The molecule has 2 rings (SSSR count). The van der Waals surface area contributed by atoms with Crippen molar-refractivity contribution in [3.8, 4) is 11.6 Å². The van der Waals surface area contributed by atoms with Gasteiger partial charge in [0.25, 0.3) is 5.91 Å². The van der Waals surface area contributed by atoms with Crippen molar-refractivity contribution in [1.82, 2.24) is 4.98 Å². The van der Waals surface area contributed by atoms with Gasteiger partial charge in [0, 0.05) is 6.07 Å². The number of carbonyl (C=O) groups is 2. The second kappa shape index (κ2) is 5.53. The highest BCUT2D eigenvalue weighted by Crippen LogP contribution is 2.25. The first-order chi connectivity index (χ1) is 9.88. The number of hydrogen-bond acceptors (Lipinski definition) is 4. The van der Waals surface area contributed by atoms with E-state index >= 15 is 0 Å². The predicted molar refractivity (Wildman–Crippen MR) is 66.1 cm³/mol. The smallest absolute Gasteiger partial charge is 0.341 e. The zero-order valence-corrected chi connectivity index (χ0v) is 10.3. The van der Waals surface area contributed by atoms with Crippen molar-refractivity contribution >= 4 is 11.9 Å². The molecule has 0 unspecified atom stereocenters. The quantitative estimate of drug-likeness (QED) is 0.897. The first kappa shape index (κ1) is 14.4. The lowest BCUT2D eigenvalue weighted by atomic mass is 10.2. The molecule has 0 bridgehead atoms. The van der Waals surface area contributed by atoms with E-state index in [1.165, 1.54) is 6.07 Å². The summed E-state index contributed by atoms with van der Waals surface area (Å²) < 4.78 is 31.6. The van der Waals surface area contributed by atoms with Crippen LogP contribution in [0.1, 0.15) is 20.7 Å². The van der Waals surface area contributed by atoms with Crippen LogP contribution in [-0.2, 0) is 0 Å². The van der Waals surface area contributed by atoms with Gasteiger partial charge >= 0.3 is 5.97 Å². The fraction of sp³-hybridized carbons (Fsp3) is 0. The van der Waals surface area contributed by atoms with E-state index in [-0.39, 0.29) is 11.3 Å². The molecule has 1 heterocycles. The minimum absolute atomic E-state index is 0.112. The summed E-state index contributed by atoms with van der Waals surface area (Å²) in [6.07, 6.45) is 0.760. The summed E-state index contributed by atoms with van der Waals surface area (Å²) in [4.78, 5) is 25.3. The number of halogens is 2. The van der Waals surface area contributed by atoms with E-state index in [1.54, 1.807) is 0 Å². The fourth-order valence-corrected chi connectivity index (χ4v) is 1.53. The SMILES string of the molecule is NC(=O)c1ccc(Oc2ncc(F)cc2C(=O)O)cc1F. The molecule has 21 heavy (non-hydrogen) atoms. The van der Waals surface area contributed by atoms with Gasteiger partial charge in [0.05, 0.1) is 11.8 Å². The molecule has 1 amide bonds. The number of carbonyl (C=O) groups excluding carboxylic acids is 1. The van der Waals surface area contributed by atoms with E-state index in [1.807, 2.05) is 0 Å². The molecular weight excluding hydrogens is 286 g/mol. The molecule has 0 aliphatic carbocycles. The van der Waals surface area contributed by atoms with Crippen LogP contribution < -0.4 is 10.5 Å². The Hall–Kier alpha value is -3.03. The molecule has 1 aromatic carbocycles. The van der Waals surface area contributed by atoms with Gasteiger partial charge in [-0.3, -0.25) is 4.79 Å². The predicted octanol–water partition coefficient (Wildman–Crippen LogP) is 1.95. The number of primary amides is 1. The van der Waals surface area contributed by atoms with Crippen LogP contribution in [0.4, 0.5) is 8.78 Å². The number of benzene rings is 1. The van der Waals surface area contributed by atoms with Crippen LogP contribution in [0.15, 0.2) is 30.5 Å². The number of rotatable bonds is 4. The Bertz CT molecular complexity index is 734. The van der Waals surface area contributed by atoms with E-state index in [2.05, 4.69) is 4.98 Å². The monoisotopic (exact) mass is 294 g/mol. The lowest BCUT2D eigenvalue weighted by Crippen LogP contribution is -2.13. The third kappa shape index (κ3) is 3.11. The number of amides is 1. The molecule has 0 fully saturated rings. The number of nitrogens with zero attached hydrogens (tertiary/aromatic N) is 1. The van der Waals surface area contributed by atoms with Gasteiger partial charge in [0.2, 0.25) is 5.88 Å². The molecule has 0 saturated carbocycles. The van der Waals surface area contributed by atoms with Gasteiger partial charge < -0.3 is 15.6 Å². The minimum atomic E-state index is -1.45. The maximum Gasteiger partial charge on any atom is 0.341 e. The van der Waals surface area contributed by atoms with Crippen molar-refractivity contribution in [2.24, 2.45) is 5.73 Å². The molecule has 8 heteroatoms. The van der Waals surface area contributed by atoms with Crippen molar-refractivity contribution in [3.05, 3.63) is 53.2 Å². The standard InChI is InChI=1S/C13H8F2N2O4/c14-6-3-9(13(19)20)12(17-5-6)21-7-1-2-8(11(16)18)10(15)4-7/h1-5H,(H2,16,18)(H,19,20). The lowest BCUT2D eigenvalue weighted by Gasteiger charge is -2.08. The fourth-order valence-electron chi connectivity index (χ4n) is 1.53. The summed E-state index contributed by atoms with van der Waals surface area (Å²) in [5.41, 5.74) is 4.09. The van der Waals surface area contributed by atoms with Gasteiger partial charge in [-0.25, -0.2) is 18.6 Å². The van der Waals surface area contributed by atoms with E-state index in [4.69, 9.17) is 15.6 Å². The normalized spacial score (nSPS) is 10.2. The number of carboxylic acid groups (broad SMARTS) is 1. The molecule has 0 spiro atoms. The topological polar surface area (TPSA) is 103 Å². The number of pyridine rings is 1. The number of aromatic carboxylic acids is 1. The summed E-state index contributed by atoms with van der Waals surface area (Å²) in [5, 5.41) is 8.92. The molecule has 0 radical (unpaired) electrons. The Balaban J connectivity index is 2.37. The number of nitrogens with two attached hydrogens (primary N) is 1. The Labute approximate surface area is 116 Å². The number of carboxylic acids is 1. The van der Waals surface area contributed by atoms with Gasteiger partial charge in [0.1, 0.15) is 22.9 Å². The first-order valence-electron chi connectivity index (χ1n) is 5.54. The molecule has 6 nitrogen and oxygen atoms in total. The van der Waals surface area contributed by atoms with Gasteiger partial charge in [-0.2, -0.15) is 0 Å². The molecule has 0 aliphatic rings. The van der Waals surface area contributed by atoms with Crippen LogP contribution in [0, 0.1) is 11.6 Å². The van der Waals surface area contributed by atoms with Crippen LogP contribution in [0.25, 0.3) is 0 Å².